The van der Waals surface area contributed by atoms with Crippen LogP contribution in [0.4, 0.5) is 10.5 Å². The summed E-state index contributed by atoms with van der Waals surface area (Å²) < 4.78 is 5.33. The first-order valence-corrected chi connectivity index (χ1v) is 9.20. The first-order valence-electron chi connectivity index (χ1n) is 9.20. The van der Waals surface area contributed by atoms with E-state index in [9.17, 15) is 4.79 Å². The van der Waals surface area contributed by atoms with Crippen molar-refractivity contribution in [3.05, 3.63) is 29.8 Å². The summed E-state index contributed by atoms with van der Waals surface area (Å²) in [5.74, 6) is 0.435. The first-order chi connectivity index (χ1) is 11.7. The third-order valence-corrected chi connectivity index (χ3v) is 4.34. The summed E-state index contributed by atoms with van der Waals surface area (Å²) in [5.41, 5.74) is 2.01. The zero-order valence-electron chi connectivity index (χ0n) is 16.3. The molecule has 5 nitrogen and oxygen atoms in total. The average Bonchev–Trinajstić information content (AvgIpc) is 2.90. The van der Waals surface area contributed by atoms with E-state index in [0.717, 1.165) is 25.1 Å². The molecule has 1 aromatic rings. The molecule has 1 aliphatic rings. The van der Waals surface area contributed by atoms with Crippen LogP contribution < -0.4 is 10.6 Å². The fraction of sp³-hybridized carbons (Fsp3) is 0.650. The molecule has 1 aliphatic carbocycles. The van der Waals surface area contributed by atoms with Crippen molar-refractivity contribution in [2.45, 2.75) is 58.2 Å². The van der Waals surface area contributed by atoms with E-state index in [4.69, 9.17) is 4.74 Å². The predicted octanol–water partition coefficient (Wildman–Crippen LogP) is 3.85. The third kappa shape index (κ3) is 6.94. The van der Waals surface area contributed by atoms with Gasteiger partial charge in [-0.2, -0.15) is 0 Å². The van der Waals surface area contributed by atoms with Gasteiger partial charge < -0.3 is 20.3 Å². The summed E-state index contributed by atoms with van der Waals surface area (Å²) in [6.45, 7) is 7.24. The van der Waals surface area contributed by atoms with Gasteiger partial charge in [0.2, 0.25) is 0 Å². The Kier molecular flexibility index (Phi) is 6.71. The van der Waals surface area contributed by atoms with E-state index < -0.39 is 5.60 Å². The minimum atomic E-state index is -0.454. The number of amides is 1. The van der Waals surface area contributed by atoms with Crippen LogP contribution in [-0.2, 0) is 11.3 Å². The van der Waals surface area contributed by atoms with E-state index in [2.05, 4.69) is 53.9 Å². The van der Waals surface area contributed by atoms with Gasteiger partial charge in [0.1, 0.15) is 5.60 Å². The molecule has 2 N–H and O–H groups in total. The molecule has 1 saturated carbocycles. The molecule has 0 saturated heterocycles. The molecule has 25 heavy (non-hydrogen) atoms. The van der Waals surface area contributed by atoms with Gasteiger partial charge in [0, 0.05) is 24.8 Å². The van der Waals surface area contributed by atoms with Crippen molar-refractivity contribution in [3.8, 4) is 0 Å². The Morgan fingerprint density at radius 3 is 2.72 bits per heavy atom. The maximum absolute atomic E-state index is 11.9. The van der Waals surface area contributed by atoms with Crippen molar-refractivity contribution in [1.29, 1.82) is 0 Å². The molecule has 1 aromatic carbocycles. The Labute approximate surface area is 152 Å². The van der Waals surface area contributed by atoms with E-state index >= 15 is 0 Å². The van der Waals surface area contributed by atoms with Crippen LogP contribution in [0.5, 0.6) is 0 Å². The number of anilines is 1. The highest BCUT2D eigenvalue weighted by Gasteiger charge is 2.28. The normalized spacial score (nSPS) is 20.6. The van der Waals surface area contributed by atoms with Crippen molar-refractivity contribution in [1.82, 2.24) is 10.2 Å². The predicted molar refractivity (Wildman–Crippen MR) is 103 cm³/mol. The van der Waals surface area contributed by atoms with Gasteiger partial charge in [0.15, 0.2) is 0 Å². The second kappa shape index (κ2) is 8.56. The Bertz CT molecular complexity index is 566. The molecule has 0 aliphatic heterocycles. The molecule has 0 aromatic heterocycles. The summed E-state index contributed by atoms with van der Waals surface area (Å²) >= 11 is 0. The third-order valence-electron chi connectivity index (χ3n) is 4.34. The van der Waals surface area contributed by atoms with Crippen molar-refractivity contribution in [2.24, 2.45) is 5.92 Å². The SMILES string of the molecule is CN(C)Cc1cccc(NC2CCCC2CNC(=O)OC(C)(C)C)c1. The van der Waals surface area contributed by atoms with Crippen LogP contribution in [0, 0.1) is 5.92 Å². The lowest BCUT2D eigenvalue weighted by Gasteiger charge is -2.24. The molecule has 2 unspecified atom stereocenters. The van der Waals surface area contributed by atoms with Crippen LogP contribution in [0.3, 0.4) is 0 Å². The Hall–Kier alpha value is -1.75. The van der Waals surface area contributed by atoms with E-state index in [-0.39, 0.29) is 6.09 Å². The number of hydrogen-bond donors (Lipinski definition) is 2. The van der Waals surface area contributed by atoms with E-state index in [1.165, 1.54) is 12.0 Å². The maximum atomic E-state index is 11.9. The lowest BCUT2D eigenvalue weighted by atomic mass is 10.0. The van der Waals surface area contributed by atoms with Crippen molar-refractivity contribution in [3.63, 3.8) is 0 Å². The maximum Gasteiger partial charge on any atom is 0.407 e. The van der Waals surface area contributed by atoms with Crippen LogP contribution in [0.25, 0.3) is 0 Å². The number of nitrogens with zero attached hydrogens (tertiary/aromatic N) is 1. The van der Waals surface area contributed by atoms with E-state index in [0.29, 0.717) is 18.5 Å². The van der Waals surface area contributed by atoms with Gasteiger partial charge in [-0.3, -0.25) is 0 Å². The van der Waals surface area contributed by atoms with Crippen LogP contribution in [-0.4, -0.2) is 43.3 Å². The van der Waals surface area contributed by atoms with E-state index in [1.54, 1.807) is 0 Å². The van der Waals surface area contributed by atoms with Gasteiger partial charge in [-0.05, 0) is 71.3 Å². The summed E-state index contributed by atoms with van der Waals surface area (Å²) in [7, 11) is 4.16. The van der Waals surface area contributed by atoms with Gasteiger partial charge >= 0.3 is 6.09 Å². The molecule has 0 bridgehead atoms. The number of alkyl carbamates (subject to hydrolysis) is 1. The van der Waals surface area contributed by atoms with Gasteiger partial charge in [0.25, 0.3) is 0 Å². The minimum absolute atomic E-state index is 0.328. The van der Waals surface area contributed by atoms with Crippen molar-refractivity contribution in [2.75, 3.05) is 26.0 Å². The molecule has 2 atom stereocenters. The summed E-state index contributed by atoms with van der Waals surface area (Å²) in [4.78, 5) is 14.0. The number of nitrogens with one attached hydrogen (secondary N) is 2. The zero-order chi connectivity index (χ0) is 18.4. The van der Waals surface area contributed by atoms with Crippen LogP contribution in [0.2, 0.25) is 0 Å². The molecule has 0 spiro atoms. The molecule has 0 heterocycles. The molecule has 5 heteroatoms. The summed E-state index contributed by atoms with van der Waals surface area (Å²) in [6, 6.07) is 8.99. The Balaban J connectivity index is 1.88. The number of rotatable bonds is 6. The second-order valence-electron chi connectivity index (χ2n) is 8.26. The second-order valence-corrected chi connectivity index (χ2v) is 8.26. The smallest absolute Gasteiger partial charge is 0.407 e. The lowest BCUT2D eigenvalue weighted by molar-refractivity contribution is 0.0519. The van der Waals surface area contributed by atoms with Crippen molar-refractivity contribution >= 4 is 11.8 Å². The highest BCUT2D eigenvalue weighted by molar-refractivity contribution is 5.67. The van der Waals surface area contributed by atoms with Crippen LogP contribution >= 0.6 is 0 Å². The quantitative estimate of drug-likeness (QED) is 0.821. The fourth-order valence-electron chi connectivity index (χ4n) is 3.34. The zero-order valence-corrected chi connectivity index (χ0v) is 16.3. The fourth-order valence-corrected chi connectivity index (χ4v) is 3.34. The monoisotopic (exact) mass is 347 g/mol. The van der Waals surface area contributed by atoms with Gasteiger partial charge in [-0.25, -0.2) is 4.79 Å². The molecule has 0 radical (unpaired) electrons. The summed E-state index contributed by atoms with van der Waals surface area (Å²) in [5, 5.41) is 6.59. The number of carbonyl (C=O) groups excluding carboxylic acids is 1. The van der Waals surface area contributed by atoms with Crippen LogP contribution in [0.1, 0.15) is 45.6 Å². The number of carbonyl (C=O) groups is 1. The molecule has 2 rings (SSSR count). The summed E-state index contributed by atoms with van der Waals surface area (Å²) in [6.07, 6.45) is 3.13. The topological polar surface area (TPSA) is 53.6 Å². The highest BCUT2D eigenvalue weighted by Crippen LogP contribution is 2.28. The first kappa shape index (κ1) is 19.6. The Morgan fingerprint density at radius 2 is 2.04 bits per heavy atom. The minimum Gasteiger partial charge on any atom is -0.444 e. The van der Waals surface area contributed by atoms with Gasteiger partial charge in [-0.1, -0.05) is 18.6 Å². The molecule has 1 amide bonds. The molecule has 1 fully saturated rings. The Morgan fingerprint density at radius 1 is 1.28 bits per heavy atom. The standard InChI is InChI=1S/C20H33N3O2/c1-20(2,3)25-19(24)21-13-16-9-7-11-18(16)22-17-10-6-8-15(12-17)14-23(4)5/h6,8,10,12,16,18,22H,7,9,11,13-14H2,1-5H3,(H,21,24). The average molecular weight is 348 g/mol. The lowest BCUT2D eigenvalue weighted by Crippen LogP contribution is -2.38. The van der Waals surface area contributed by atoms with Crippen LogP contribution in [0.15, 0.2) is 24.3 Å². The highest BCUT2D eigenvalue weighted by atomic mass is 16.6. The van der Waals surface area contributed by atoms with Crippen molar-refractivity contribution < 1.29 is 9.53 Å². The molecule has 140 valence electrons. The van der Waals surface area contributed by atoms with E-state index in [1.807, 2.05) is 20.8 Å². The molecular formula is C20H33N3O2. The van der Waals surface area contributed by atoms with Gasteiger partial charge in [0.05, 0.1) is 0 Å². The largest absolute Gasteiger partial charge is 0.444 e. The number of hydrogen-bond acceptors (Lipinski definition) is 4. The van der Waals surface area contributed by atoms with Gasteiger partial charge in [-0.15, -0.1) is 0 Å². The number of ether oxygens (including phenoxy) is 1. The molecular weight excluding hydrogens is 314 g/mol. The number of benzene rings is 1.